The van der Waals surface area contributed by atoms with Gasteiger partial charge in [0.1, 0.15) is 17.5 Å². The Kier molecular flexibility index (Phi) is 1.79. The van der Waals surface area contributed by atoms with E-state index in [0.717, 1.165) is 16.7 Å². The van der Waals surface area contributed by atoms with Crippen molar-refractivity contribution in [3.63, 3.8) is 0 Å². The molecule has 13 heavy (non-hydrogen) atoms. The fourth-order valence-electron chi connectivity index (χ4n) is 1.31. The highest BCUT2D eigenvalue weighted by atomic mass is 19.1. The summed E-state index contributed by atoms with van der Waals surface area (Å²) in [5.74, 6) is 3.20. The predicted molar refractivity (Wildman–Crippen MR) is 48.9 cm³/mol. The van der Waals surface area contributed by atoms with Crippen molar-refractivity contribution >= 4 is 11.0 Å². The lowest BCUT2D eigenvalue weighted by molar-refractivity contribution is 0.578. The lowest BCUT2D eigenvalue weighted by Gasteiger charge is -1.88. The van der Waals surface area contributed by atoms with Crippen molar-refractivity contribution in [1.29, 1.82) is 0 Å². The average Bonchev–Trinajstić information content (AvgIpc) is 2.44. The number of hydrogen-bond donors (Lipinski definition) is 0. The van der Waals surface area contributed by atoms with E-state index in [-0.39, 0.29) is 0 Å². The summed E-state index contributed by atoms with van der Waals surface area (Å²) in [6, 6.07) is 7.23. The molecule has 1 aromatic carbocycles. The molecule has 2 aromatic rings. The van der Waals surface area contributed by atoms with Gasteiger partial charge in [0, 0.05) is 10.9 Å². The molecule has 0 N–H and O–H groups in total. The zero-order valence-electron chi connectivity index (χ0n) is 7.10. The summed E-state index contributed by atoms with van der Waals surface area (Å²) in [7, 11) is 0. The summed E-state index contributed by atoms with van der Waals surface area (Å²) >= 11 is 0. The van der Waals surface area contributed by atoms with Gasteiger partial charge in [-0.2, -0.15) is 0 Å². The van der Waals surface area contributed by atoms with E-state index in [2.05, 4.69) is 5.92 Å². The van der Waals surface area contributed by atoms with Crippen LogP contribution in [0.15, 0.2) is 28.7 Å². The van der Waals surface area contributed by atoms with E-state index in [1.54, 1.807) is 18.2 Å². The van der Waals surface area contributed by atoms with E-state index in [1.807, 2.05) is 13.0 Å². The Morgan fingerprint density at radius 2 is 2.15 bits per heavy atom. The summed E-state index contributed by atoms with van der Waals surface area (Å²) in [5.41, 5.74) is 1.47. The molecule has 0 spiro atoms. The minimum atomic E-state index is 0.663. The number of furan rings is 1. The molecule has 2 rings (SSSR count). The maximum Gasteiger partial charge on any atom is 0.134 e. The Morgan fingerprint density at radius 1 is 1.31 bits per heavy atom. The quantitative estimate of drug-likeness (QED) is 0.559. The van der Waals surface area contributed by atoms with Gasteiger partial charge in [0.15, 0.2) is 0 Å². The molecule has 0 saturated carbocycles. The molecule has 0 unspecified atom stereocenters. The minimum Gasteiger partial charge on any atom is -0.461 e. The standard InChI is InChI=1S/C11H7FO/c1-8-6-10-7-9(4-5-12)2-3-11(10)13-8/h2-3,6-7H,1H3. The first-order chi connectivity index (χ1) is 6.29. The van der Waals surface area contributed by atoms with Crippen LogP contribution < -0.4 is 0 Å². The SMILES string of the molecule is Cc1cc2cc(C#CF)ccc2o1. The van der Waals surface area contributed by atoms with Crippen molar-refractivity contribution in [3.05, 3.63) is 35.6 Å². The van der Waals surface area contributed by atoms with E-state index in [4.69, 9.17) is 4.42 Å². The number of hydrogen-bond acceptors (Lipinski definition) is 1. The van der Waals surface area contributed by atoms with Crippen LogP contribution in [-0.4, -0.2) is 0 Å². The first kappa shape index (κ1) is 7.88. The van der Waals surface area contributed by atoms with Crippen LogP contribution in [0.5, 0.6) is 0 Å². The largest absolute Gasteiger partial charge is 0.461 e. The molecule has 2 heteroatoms. The lowest BCUT2D eigenvalue weighted by Crippen LogP contribution is -1.71. The molecular weight excluding hydrogens is 167 g/mol. The Bertz CT molecular complexity index is 500. The molecule has 0 aliphatic rings. The van der Waals surface area contributed by atoms with Gasteiger partial charge in [-0.15, -0.1) is 4.39 Å². The highest BCUT2D eigenvalue weighted by Crippen LogP contribution is 2.19. The smallest absolute Gasteiger partial charge is 0.134 e. The van der Waals surface area contributed by atoms with Crippen LogP contribution >= 0.6 is 0 Å². The molecule has 0 atom stereocenters. The second-order valence-corrected chi connectivity index (χ2v) is 2.83. The Morgan fingerprint density at radius 3 is 2.92 bits per heavy atom. The Labute approximate surface area is 75.2 Å². The van der Waals surface area contributed by atoms with Gasteiger partial charge < -0.3 is 4.42 Å². The maximum atomic E-state index is 11.7. The third-order valence-corrected chi connectivity index (χ3v) is 1.83. The number of halogens is 1. The number of aryl methyl sites for hydroxylation is 1. The zero-order chi connectivity index (χ0) is 9.26. The normalized spacial score (nSPS) is 9.69. The molecule has 0 saturated heterocycles. The molecule has 0 aliphatic heterocycles. The van der Waals surface area contributed by atoms with Gasteiger partial charge in [-0.25, -0.2) is 0 Å². The zero-order valence-corrected chi connectivity index (χ0v) is 7.10. The number of fused-ring (bicyclic) bond motifs is 1. The second-order valence-electron chi connectivity index (χ2n) is 2.83. The van der Waals surface area contributed by atoms with Crippen LogP contribution in [-0.2, 0) is 0 Å². The van der Waals surface area contributed by atoms with Crippen LogP contribution in [0, 0.1) is 19.0 Å². The van der Waals surface area contributed by atoms with Crippen LogP contribution in [0.1, 0.15) is 11.3 Å². The average molecular weight is 174 g/mol. The van der Waals surface area contributed by atoms with Crippen LogP contribution in [0.2, 0.25) is 0 Å². The summed E-state index contributed by atoms with van der Waals surface area (Å²) in [6.45, 7) is 1.88. The monoisotopic (exact) mass is 174 g/mol. The molecular formula is C11H7FO. The van der Waals surface area contributed by atoms with Crippen molar-refractivity contribution in [1.82, 2.24) is 0 Å². The van der Waals surface area contributed by atoms with Crippen molar-refractivity contribution in [2.45, 2.75) is 6.92 Å². The highest BCUT2D eigenvalue weighted by Gasteiger charge is 1.99. The van der Waals surface area contributed by atoms with E-state index in [0.29, 0.717) is 5.56 Å². The third-order valence-electron chi connectivity index (χ3n) is 1.83. The summed E-state index contributed by atoms with van der Waals surface area (Å²) < 4.78 is 17.1. The van der Waals surface area contributed by atoms with Gasteiger partial charge >= 0.3 is 0 Å². The topological polar surface area (TPSA) is 13.1 Å². The molecule has 0 fully saturated rings. The lowest BCUT2D eigenvalue weighted by atomic mass is 10.2. The van der Waals surface area contributed by atoms with Crippen molar-refractivity contribution in [2.75, 3.05) is 0 Å². The van der Waals surface area contributed by atoms with Crippen molar-refractivity contribution in [2.24, 2.45) is 0 Å². The Balaban J connectivity index is 2.65. The molecule has 64 valence electrons. The highest BCUT2D eigenvalue weighted by molar-refractivity contribution is 5.79. The van der Waals surface area contributed by atoms with E-state index in [1.165, 1.54) is 6.17 Å². The van der Waals surface area contributed by atoms with Crippen LogP contribution in [0.25, 0.3) is 11.0 Å². The molecule has 0 amide bonds. The molecule has 1 aromatic heterocycles. The van der Waals surface area contributed by atoms with Crippen LogP contribution in [0.3, 0.4) is 0 Å². The van der Waals surface area contributed by atoms with Gasteiger partial charge in [-0.05, 0) is 37.1 Å². The molecule has 0 aliphatic carbocycles. The Hall–Kier alpha value is -1.75. The number of rotatable bonds is 0. The van der Waals surface area contributed by atoms with Gasteiger partial charge in [0.05, 0.1) is 0 Å². The van der Waals surface area contributed by atoms with E-state index < -0.39 is 0 Å². The van der Waals surface area contributed by atoms with Gasteiger partial charge in [-0.3, -0.25) is 0 Å². The third kappa shape index (κ3) is 1.41. The van der Waals surface area contributed by atoms with E-state index in [9.17, 15) is 4.39 Å². The van der Waals surface area contributed by atoms with Gasteiger partial charge in [-0.1, -0.05) is 0 Å². The summed E-state index contributed by atoms with van der Waals surface area (Å²) in [5, 5.41) is 0.956. The van der Waals surface area contributed by atoms with Crippen molar-refractivity contribution in [3.8, 4) is 12.1 Å². The second kappa shape index (κ2) is 2.95. The first-order valence-corrected chi connectivity index (χ1v) is 3.91. The number of benzene rings is 1. The fourth-order valence-corrected chi connectivity index (χ4v) is 1.31. The van der Waals surface area contributed by atoms with Gasteiger partial charge in [0.25, 0.3) is 0 Å². The van der Waals surface area contributed by atoms with Crippen molar-refractivity contribution < 1.29 is 8.81 Å². The van der Waals surface area contributed by atoms with Crippen LogP contribution in [0.4, 0.5) is 4.39 Å². The molecule has 1 heterocycles. The summed E-state index contributed by atoms with van der Waals surface area (Å²) in [4.78, 5) is 0. The molecule has 1 nitrogen and oxygen atoms in total. The first-order valence-electron chi connectivity index (χ1n) is 3.91. The van der Waals surface area contributed by atoms with E-state index >= 15 is 0 Å². The van der Waals surface area contributed by atoms with Gasteiger partial charge in [0.2, 0.25) is 0 Å². The minimum absolute atomic E-state index is 0.663. The predicted octanol–water partition coefficient (Wildman–Crippen LogP) is 3.02. The fraction of sp³-hybridized carbons (Fsp3) is 0.0909. The molecule has 0 bridgehead atoms. The maximum absolute atomic E-state index is 11.7. The summed E-state index contributed by atoms with van der Waals surface area (Å²) in [6.07, 6.45) is 1.37. The molecule has 0 radical (unpaired) electrons.